The van der Waals surface area contributed by atoms with E-state index in [4.69, 9.17) is 11.5 Å². The van der Waals surface area contributed by atoms with Gasteiger partial charge in [0.1, 0.15) is 0 Å². The maximum absolute atomic E-state index is 5.85. The molecule has 14 heavy (non-hydrogen) atoms. The van der Waals surface area contributed by atoms with Crippen LogP contribution in [0.25, 0.3) is 0 Å². The van der Waals surface area contributed by atoms with E-state index < -0.39 is 0 Å². The fraction of sp³-hybridized carbons (Fsp3) is 1.00. The van der Waals surface area contributed by atoms with Crippen molar-refractivity contribution in [2.45, 2.75) is 64.8 Å². The van der Waals surface area contributed by atoms with Crippen LogP contribution < -0.4 is 11.5 Å². The molecule has 0 saturated heterocycles. The minimum Gasteiger partial charge on any atom is -0.329 e. The molecule has 0 heterocycles. The smallest absolute Gasteiger partial charge is 0.0189 e. The predicted molar refractivity (Wildman–Crippen MR) is 64.2 cm³/mol. The van der Waals surface area contributed by atoms with Gasteiger partial charge in [0.05, 0.1) is 0 Å². The van der Waals surface area contributed by atoms with Gasteiger partial charge in [0.2, 0.25) is 0 Å². The monoisotopic (exact) mass is 200 g/mol. The largest absolute Gasteiger partial charge is 0.329 e. The Morgan fingerprint density at radius 2 is 1.57 bits per heavy atom. The molecule has 86 valence electrons. The molecule has 2 unspecified atom stereocenters. The van der Waals surface area contributed by atoms with Crippen molar-refractivity contribution in [1.82, 2.24) is 0 Å². The maximum atomic E-state index is 5.85. The zero-order valence-electron chi connectivity index (χ0n) is 9.97. The summed E-state index contributed by atoms with van der Waals surface area (Å²) >= 11 is 0. The van der Waals surface area contributed by atoms with Gasteiger partial charge in [-0.3, -0.25) is 0 Å². The lowest BCUT2D eigenvalue weighted by Crippen LogP contribution is -2.35. The van der Waals surface area contributed by atoms with Crippen LogP contribution in [0.4, 0.5) is 0 Å². The summed E-state index contributed by atoms with van der Waals surface area (Å²) in [5.41, 5.74) is 11.4. The van der Waals surface area contributed by atoms with E-state index in [1.54, 1.807) is 0 Å². The molecule has 0 bridgehead atoms. The number of rotatable bonds is 9. The third-order valence-corrected chi connectivity index (χ3v) is 3.02. The first kappa shape index (κ1) is 13.9. The topological polar surface area (TPSA) is 52.0 Å². The molecule has 4 N–H and O–H groups in total. The molecule has 2 nitrogen and oxygen atoms in total. The van der Waals surface area contributed by atoms with Crippen molar-refractivity contribution >= 4 is 0 Å². The van der Waals surface area contributed by atoms with Crippen LogP contribution in [-0.2, 0) is 0 Å². The van der Waals surface area contributed by atoms with Crippen molar-refractivity contribution in [3.8, 4) is 0 Å². The molecule has 0 aliphatic rings. The number of hydrogen-bond acceptors (Lipinski definition) is 2. The summed E-state index contributed by atoms with van der Waals surface area (Å²) in [5.74, 6) is 0.589. The highest BCUT2D eigenvalue weighted by Crippen LogP contribution is 2.13. The highest BCUT2D eigenvalue weighted by molar-refractivity contribution is 4.69. The third kappa shape index (κ3) is 7.34. The van der Waals surface area contributed by atoms with Crippen LogP contribution in [0.2, 0.25) is 0 Å². The average Bonchev–Trinajstić information content (AvgIpc) is 2.21. The van der Waals surface area contributed by atoms with E-state index in [1.807, 2.05) is 0 Å². The van der Waals surface area contributed by atoms with Crippen LogP contribution in [0.1, 0.15) is 58.8 Å². The van der Waals surface area contributed by atoms with E-state index in [1.165, 1.54) is 44.9 Å². The van der Waals surface area contributed by atoms with Crippen molar-refractivity contribution in [1.29, 1.82) is 0 Å². The van der Waals surface area contributed by atoms with Gasteiger partial charge in [-0.25, -0.2) is 0 Å². The normalized spacial score (nSPS) is 15.4. The van der Waals surface area contributed by atoms with Crippen LogP contribution in [-0.4, -0.2) is 12.6 Å². The van der Waals surface area contributed by atoms with Crippen LogP contribution in [0.5, 0.6) is 0 Å². The van der Waals surface area contributed by atoms with Crippen LogP contribution >= 0.6 is 0 Å². The Hall–Kier alpha value is -0.0800. The Bertz CT molecular complexity index is 115. The van der Waals surface area contributed by atoms with Gasteiger partial charge in [-0.15, -0.1) is 0 Å². The molecule has 0 spiro atoms. The van der Waals surface area contributed by atoms with Crippen molar-refractivity contribution < 1.29 is 0 Å². The fourth-order valence-corrected chi connectivity index (χ4v) is 1.69. The van der Waals surface area contributed by atoms with E-state index in [2.05, 4.69) is 13.8 Å². The molecule has 0 saturated carbocycles. The molecule has 0 aliphatic carbocycles. The van der Waals surface area contributed by atoms with Gasteiger partial charge in [-0.2, -0.15) is 0 Å². The molecule has 0 radical (unpaired) electrons. The fourth-order valence-electron chi connectivity index (χ4n) is 1.69. The molecular formula is C12H28N2. The summed E-state index contributed by atoms with van der Waals surface area (Å²) < 4.78 is 0. The van der Waals surface area contributed by atoms with Gasteiger partial charge >= 0.3 is 0 Å². The summed E-state index contributed by atoms with van der Waals surface area (Å²) in [7, 11) is 0. The van der Waals surface area contributed by atoms with Crippen LogP contribution in [0.15, 0.2) is 0 Å². The summed E-state index contributed by atoms with van der Waals surface area (Å²) in [6.07, 6.45) is 9.42. The second-order valence-corrected chi connectivity index (χ2v) is 4.43. The van der Waals surface area contributed by atoms with Crippen LogP contribution in [0.3, 0.4) is 0 Å². The molecule has 2 atom stereocenters. The molecule has 0 aromatic heterocycles. The van der Waals surface area contributed by atoms with Gasteiger partial charge in [0, 0.05) is 12.6 Å². The Labute approximate surface area is 89.4 Å². The first-order valence-electron chi connectivity index (χ1n) is 6.18. The molecule has 0 rings (SSSR count). The van der Waals surface area contributed by atoms with Gasteiger partial charge < -0.3 is 11.5 Å². The van der Waals surface area contributed by atoms with Crippen molar-refractivity contribution in [2.24, 2.45) is 17.4 Å². The molecular weight excluding hydrogens is 172 g/mol. The van der Waals surface area contributed by atoms with E-state index in [0.717, 1.165) is 0 Å². The quantitative estimate of drug-likeness (QED) is 0.562. The summed E-state index contributed by atoms with van der Waals surface area (Å²) in [6.45, 7) is 5.09. The van der Waals surface area contributed by atoms with Gasteiger partial charge in [0.25, 0.3) is 0 Å². The maximum Gasteiger partial charge on any atom is 0.0189 e. The summed E-state index contributed by atoms with van der Waals surface area (Å²) in [4.78, 5) is 0. The standard InChI is InChI=1S/C12H28N2/c1-3-4-5-6-7-8-9-11(2)12(14)10-13/h11-12H,3-10,13-14H2,1-2H3. The molecule has 0 amide bonds. The molecule has 0 fully saturated rings. The minimum absolute atomic E-state index is 0.200. The zero-order chi connectivity index (χ0) is 10.8. The molecule has 0 aromatic carbocycles. The summed E-state index contributed by atoms with van der Waals surface area (Å²) in [5, 5.41) is 0. The lowest BCUT2D eigenvalue weighted by Gasteiger charge is -2.17. The van der Waals surface area contributed by atoms with E-state index in [9.17, 15) is 0 Å². The lowest BCUT2D eigenvalue weighted by molar-refractivity contribution is 0.410. The van der Waals surface area contributed by atoms with Crippen LogP contribution in [0, 0.1) is 5.92 Å². The highest BCUT2D eigenvalue weighted by atomic mass is 14.7. The van der Waals surface area contributed by atoms with E-state index in [-0.39, 0.29) is 6.04 Å². The highest BCUT2D eigenvalue weighted by Gasteiger charge is 2.09. The minimum atomic E-state index is 0.200. The Morgan fingerprint density at radius 1 is 1.00 bits per heavy atom. The Balaban J connectivity index is 3.18. The lowest BCUT2D eigenvalue weighted by atomic mass is 9.95. The van der Waals surface area contributed by atoms with E-state index in [0.29, 0.717) is 12.5 Å². The molecule has 0 aromatic rings. The summed E-state index contributed by atoms with van der Waals surface area (Å²) in [6, 6.07) is 0.200. The molecule has 2 heteroatoms. The first-order valence-corrected chi connectivity index (χ1v) is 6.18. The van der Waals surface area contributed by atoms with Crippen molar-refractivity contribution in [3.05, 3.63) is 0 Å². The third-order valence-electron chi connectivity index (χ3n) is 3.02. The van der Waals surface area contributed by atoms with E-state index >= 15 is 0 Å². The van der Waals surface area contributed by atoms with Crippen molar-refractivity contribution in [2.75, 3.05) is 6.54 Å². The number of nitrogens with two attached hydrogens (primary N) is 2. The SMILES string of the molecule is CCCCCCCCC(C)C(N)CN. The second-order valence-electron chi connectivity index (χ2n) is 4.43. The second kappa shape index (κ2) is 9.47. The Kier molecular flexibility index (Phi) is 9.42. The van der Waals surface area contributed by atoms with Crippen molar-refractivity contribution in [3.63, 3.8) is 0 Å². The Morgan fingerprint density at radius 3 is 2.14 bits per heavy atom. The number of hydrogen-bond donors (Lipinski definition) is 2. The first-order chi connectivity index (χ1) is 6.72. The van der Waals surface area contributed by atoms with Gasteiger partial charge in [0.15, 0.2) is 0 Å². The van der Waals surface area contributed by atoms with Gasteiger partial charge in [-0.1, -0.05) is 52.4 Å². The predicted octanol–water partition coefficient (Wildman–Crippen LogP) is 2.66. The number of unbranched alkanes of at least 4 members (excludes halogenated alkanes) is 5. The molecule has 0 aliphatic heterocycles. The van der Waals surface area contributed by atoms with Gasteiger partial charge in [-0.05, 0) is 12.3 Å². The average molecular weight is 200 g/mol. The zero-order valence-corrected chi connectivity index (χ0v) is 9.97.